The first kappa shape index (κ1) is 9.27. The Labute approximate surface area is 88.8 Å². The van der Waals surface area contributed by atoms with Crippen molar-refractivity contribution >= 4 is 26.7 Å². The highest BCUT2D eigenvalue weighted by Crippen LogP contribution is 2.28. The summed E-state index contributed by atoms with van der Waals surface area (Å²) >= 11 is 3.37. The molecule has 2 rings (SSSR count). The van der Waals surface area contributed by atoms with Crippen LogP contribution in [0, 0.1) is 0 Å². The predicted octanol–water partition coefficient (Wildman–Crippen LogP) is 2.30. The molecule has 3 nitrogen and oxygen atoms in total. The normalized spacial score (nSPS) is 10.4. The molecule has 2 aromatic rings. The van der Waals surface area contributed by atoms with Crippen LogP contribution in [0.4, 0.5) is 0 Å². The number of methoxy groups -OCH3 is 1. The van der Waals surface area contributed by atoms with E-state index in [1.54, 1.807) is 13.3 Å². The molecule has 0 spiro atoms. The Hall–Kier alpha value is -1.29. The molecule has 1 aromatic heterocycles. The first-order valence-electron chi connectivity index (χ1n) is 4.06. The minimum atomic E-state index is -0.127. The highest BCUT2D eigenvalue weighted by molar-refractivity contribution is 9.10. The number of halogens is 1. The van der Waals surface area contributed by atoms with Gasteiger partial charge in [-0.1, -0.05) is 15.9 Å². The number of pyridine rings is 1. The SMILES string of the molecule is COc1cc(Br)cc2c[nH]c(=O)cc12. The third kappa shape index (κ3) is 1.53. The monoisotopic (exact) mass is 253 g/mol. The summed E-state index contributed by atoms with van der Waals surface area (Å²) in [6, 6.07) is 5.29. The molecule has 0 atom stereocenters. The van der Waals surface area contributed by atoms with Gasteiger partial charge in [0.1, 0.15) is 5.75 Å². The largest absolute Gasteiger partial charge is 0.496 e. The van der Waals surface area contributed by atoms with Crippen LogP contribution in [0.5, 0.6) is 5.75 Å². The minimum Gasteiger partial charge on any atom is -0.496 e. The van der Waals surface area contributed by atoms with Crippen molar-refractivity contribution < 1.29 is 4.74 Å². The molecule has 1 aromatic carbocycles. The summed E-state index contributed by atoms with van der Waals surface area (Å²) in [6.45, 7) is 0. The number of aromatic amines is 1. The molecule has 1 heterocycles. The van der Waals surface area contributed by atoms with Gasteiger partial charge in [-0.3, -0.25) is 4.79 Å². The Kier molecular flexibility index (Phi) is 2.29. The van der Waals surface area contributed by atoms with E-state index in [4.69, 9.17) is 4.74 Å². The second-order valence-corrected chi connectivity index (χ2v) is 3.82. The summed E-state index contributed by atoms with van der Waals surface area (Å²) in [5.41, 5.74) is -0.127. The molecule has 0 saturated carbocycles. The van der Waals surface area contributed by atoms with Crippen LogP contribution >= 0.6 is 15.9 Å². The Morgan fingerprint density at radius 1 is 1.36 bits per heavy atom. The number of aromatic nitrogens is 1. The first-order chi connectivity index (χ1) is 6.70. The van der Waals surface area contributed by atoms with Gasteiger partial charge in [-0.05, 0) is 12.1 Å². The maximum atomic E-state index is 11.1. The molecular weight excluding hydrogens is 246 g/mol. The minimum absolute atomic E-state index is 0.127. The van der Waals surface area contributed by atoms with E-state index in [1.807, 2.05) is 12.1 Å². The second-order valence-electron chi connectivity index (χ2n) is 2.91. The summed E-state index contributed by atoms with van der Waals surface area (Å²) in [5, 5.41) is 1.76. The predicted molar refractivity (Wildman–Crippen MR) is 58.8 cm³/mol. The van der Waals surface area contributed by atoms with Gasteiger partial charge in [0.25, 0.3) is 0 Å². The molecule has 0 aliphatic carbocycles. The fourth-order valence-corrected chi connectivity index (χ4v) is 1.83. The van der Waals surface area contributed by atoms with Gasteiger partial charge in [-0.15, -0.1) is 0 Å². The summed E-state index contributed by atoms with van der Waals surface area (Å²) < 4.78 is 6.11. The Morgan fingerprint density at radius 2 is 2.14 bits per heavy atom. The Morgan fingerprint density at radius 3 is 2.86 bits per heavy atom. The molecular formula is C10H8BrNO2. The molecule has 0 aliphatic rings. The average molecular weight is 254 g/mol. The van der Waals surface area contributed by atoms with Gasteiger partial charge in [0.2, 0.25) is 5.56 Å². The van der Waals surface area contributed by atoms with Gasteiger partial charge in [0.15, 0.2) is 0 Å². The van der Waals surface area contributed by atoms with Crippen LogP contribution in [0.15, 0.2) is 33.7 Å². The highest BCUT2D eigenvalue weighted by Gasteiger charge is 2.03. The Balaban J connectivity index is 2.88. The van der Waals surface area contributed by atoms with Gasteiger partial charge < -0.3 is 9.72 Å². The average Bonchev–Trinajstić information content (AvgIpc) is 2.17. The third-order valence-corrected chi connectivity index (χ3v) is 2.46. The summed E-state index contributed by atoms with van der Waals surface area (Å²) in [5.74, 6) is 0.695. The molecule has 0 unspecified atom stereocenters. The van der Waals surface area contributed by atoms with Crippen LogP contribution in [0.3, 0.4) is 0 Å². The molecule has 1 N–H and O–H groups in total. The lowest BCUT2D eigenvalue weighted by atomic mass is 10.1. The molecule has 0 bridgehead atoms. The molecule has 0 fully saturated rings. The molecule has 0 aliphatic heterocycles. The van der Waals surface area contributed by atoms with Crippen molar-refractivity contribution in [3.8, 4) is 5.75 Å². The van der Waals surface area contributed by atoms with E-state index in [0.29, 0.717) is 5.75 Å². The smallest absolute Gasteiger partial charge is 0.248 e. The van der Waals surface area contributed by atoms with Crippen molar-refractivity contribution in [2.24, 2.45) is 0 Å². The van der Waals surface area contributed by atoms with Gasteiger partial charge in [0, 0.05) is 27.5 Å². The van der Waals surface area contributed by atoms with Gasteiger partial charge in [0.05, 0.1) is 7.11 Å². The number of ether oxygens (including phenoxy) is 1. The number of H-pyrrole nitrogens is 1. The molecule has 14 heavy (non-hydrogen) atoms. The first-order valence-corrected chi connectivity index (χ1v) is 4.86. The van der Waals surface area contributed by atoms with Crippen molar-refractivity contribution in [3.63, 3.8) is 0 Å². The maximum absolute atomic E-state index is 11.1. The fraction of sp³-hybridized carbons (Fsp3) is 0.100. The van der Waals surface area contributed by atoms with Gasteiger partial charge in [-0.2, -0.15) is 0 Å². The number of benzene rings is 1. The molecule has 0 saturated heterocycles. The van der Waals surface area contributed by atoms with Crippen molar-refractivity contribution in [2.45, 2.75) is 0 Å². The van der Waals surface area contributed by atoms with Crippen LogP contribution in [0.25, 0.3) is 10.8 Å². The summed E-state index contributed by atoms with van der Waals surface area (Å²) in [4.78, 5) is 13.7. The second kappa shape index (κ2) is 3.46. The molecule has 4 heteroatoms. The van der Waals surface area contributed by atoms with E-state index in [9.17, 15) is 4.79 Å². The molecule has 72 valence electrons. The van der Waals surface area contributed by atoms with Crippen molar-refractivity contribution in [1.29, 1.82) is 0 Å². The standard InChI is InChI=1S/C10H8BrNO2/c1-14-9-3-7(11)2-6-5-12-10(13)4-8(6)9/h2-5H,1H3,(H,12,13). The highest BCUT2D eigenvalue weighted by atomic mass is 79.9. The molecule has 0 radical (unpaired) electrons. The summed E-state index contributed by atoms with van der Waals surface area (Å²) in [7, 11) is 1.59. The zero-order chi connectivity index (χ0) is 10.1. The van der Waals surface area contributed by atoms with Gasteiger partial charge >= 0.3 is 0 Å². The lowest BCUT2D eigenvalue weighted by molar-refractivity contribution is 0.419. The maximum Gasteiger partial charge on any atom is 0.248 e. The third-order valence-electron chi connectivity index (χ3n) is 2.00. The topological polar surface area (TPSA) is 42.1 Å². The lowest BCUT2D eigenvalue weighted by Crippen LogP contribution is -2.02. The number of nitrogens with one attached hydrogen (secondary N) is 1. The van der Waals surface area contributed by atoms with Crippen LogP contribution < -0.4 is 10.3 Å². The van der Waals surface area contributed by atoms with Crippen LogP contribution in [-0.2, 0) is 0 Å². The van der Waals surface area contributed by atoms with E-state index < -0.39 is 0 Å². The van der Waals surface area contributed by atoms with E-state index in [-0.39, 0.29) is 5.56 Å². The number of rotatable bonds is 1. The number of hydrogen-bond acceptors (Lipinski definition) is 2. The van der Waals surface area contributed by atoms with Crippen molar-refractivity contribution in [1.82, 2.24) is 4.98 Å². The van der Waals surface area contributed by atoms with E-state index in [1.165, 1.54) is 6.07 Å². The van der Waals surface area contributed by atoms with Gasteiger partial charge in [-0.25, -0.2) is 0 Å². The van der Waals surface area contributed by atoms with Crippen LogP contribution in [0.1, 0.15) is 0 Å². The number of fused-ring (bicyclic) bond motifs is 1. The van der Waals surface area contributed by atoms with Crippen LogP contribution in [-0.4, -0.2) is 12.1 Å². The Bertz CT molecular complexity index is 533. The van der Waals surface area contributed by atoms with Crippen molar-refractivity contribution in [3.05, 3.63) is 39.2 Å². The van der Waals surface area contributed by atoms with E-state index in [0.717, 1.165) is 15.2 Å². The molecule has 0 amide bonds. The quantitative estimate of drug-likeness (QED) is 0.848. The van der Waals surface area contributed by atoms with Crippen molar-refractivity contribution in [2.75, 3.05) is 7.11 Å². The fourth-order valence-electron chi connectivity index (χ4n) is 1.38. The van der Waals surface area contributed by atoms with E-state index in [2.05, 4.69) is 20.9 Å². The van der Waals surface area contributed by atoms with Crippen LogP contribution in [0.2, 0.25) is 0 Å². The lowest BCUT2D eigenvalue weighted by Gasteiger charge is -2.05. The zero-order valence-electron chi connectivity index (χ0n) is 7.50. The van der Waals surface area contributed by atoms with E-state index >= 15 is 0 Å². The number of hydrogen-bond donors (Lipinski definition) is 1. The zero-order valence-corrected chi connectivity index (χ0v) is 9.09. The summed E-state index contributed by atoms with van der Waals surface area (Å²) in [6.07, 6.45) is 1.67.